The minimum absolute atomic E-state index is 0.123. The third-order valence-corrected chi connectivity index (χ3v) is 12.1. The molecule has 0 spiro atoms. The van der Waals surface area contributed by atoms with Crippen molar-refractivity contribution < 1.29 is 4.79 Å². The topological polar surface area (TPSA) is 134 Å². The zero-order chi connectivity index (χ0) is 44.4. The second-order valence-electron chi connectivity index (χ2n) is 16.5. The number of carbonyl (C=O) groups is 1. The maximum Gasteiger partial charge on any atom is 0.251 e. The third kappa shape index (κ3) is 11.2. The Morgan fingerprint density at radius 2 is 1.14 bits per heavy atom. The van der Waals surface area contributed by atoms with E-state index in [0.29, 0.717) is 5.56 Å². The first kappa shape index (κ1) is 42.9. The highest BCUT2D eigenvalue weighted by Crippen LogP contribution is 2.28. The first-order chi connectivity index (χ1) is 31.9. The highest BCUT2D eigenvalue weighted by Gasteiger charge is 2.19. The van der Waals surface area contributed by atoms with E-state index in [1.54, 1.807) is 19.3 Å². The van der Waals surface area contributed by atoms with Crippen molar-refractivity contribution in [2.24, 2.45) is 0 Å². The summed E-state index contributed by atoms with van der Waals surface area (Å²) < 4.78 is 2.06. The largest absolute Gasteiger partial charge is 0.369 e. The zero-order valence-corrected chi connectivity index (χ0v) is 37.1. The third-order valence-electron chi connectivity index (χ3n) is 12.1. The molecule has 2 aliphatic heterocycles. The molecule has 0 atom stereocenters. The second kappa shape index (κ2) is 20.4. The van der Waals surface area contributed by atoms with E-state index in [1.165, 1.54) is 16.9 Å². The number of carbonyl (C=O) groups excluding carboxylic acids is 1. The molecule has 7 aromatic rings. The molecule has 0 radical (unpaired) electrons. The smallest absolute Gasteiger partial charge is 0.251 e. The molecule has 5 N–H and O–H groups in total. The summed E-state index contributed by atoms with van der Waals surface area (Å²) >= 11 is 0. The van der Waals surface area contributed by atoms with E-state index in [2.05, 4.69) is 145 Å². The number of piperazine rings is 2. The quantitative estimate of drug-likeness (QED) is 0.0638. The van der Waals surface area contributed by atoms with Crippen LogP contribution in [0.2, 0.25) is 0 Å². The summed E-state index contributed by atoms with van der Waals surface area (Å²) in [7, 11) is 1.63. The number of benzene rings is 4. The van der Waals surface area contributed by atoms with E-state index in [-0.39, 0.29) is 5.91 Å². The number of imidazole rings is 1. The summed E-state index contributed by atoms with van der Waals surface area (Å²) in [4.78, 5) is 35.5. The van der Waals surface area contributed by atoms with Crippen molar-refractivity contribution in [2.45, 2.75) is 13.3 Å². The Bertz CT molecular complexity index is 2640. The minimum atomic E-state index is -0.123. The number of likely N-dealkylation sites (N-methyl/N-ethyl adjacent to an activating group) is 1. The molecule has 65 heavy (non-hydrogen) atoms. The first-order valence-corrected chi connectivity index (χ1v) is 22.5. The van der Waals surface area contributed by atoms with Gasteiger partial charge >= 0.3 is 0 Å². The van der Waals surface area contributed by atoms with Crippen molar-refractivity contribution in [1.82, 2.24) is 34.6 Å². The van der Waals surface area contributed by atoms with Crippen molar-refractivity contribution in [3.8, 4) is 5.69 Å². The number of anilines is 10. The molecule has 14 nitrogen and oxygen atoms in total. The molecule has 14 heteroatoms. The van der Waals surface area contributed by atoms with Crippen molar-refractivity contribution in [1.29, 1.82) is 0 Å². The van der Waals surface area contributed by atoms with Gasteiger partial charge in [0.15, 0.2) is 0 Å². The molecule has 0 bridgehead atoms. The Labute approximate surface area is 381 Å². The SMILES string of the molecule is CCN1CCN(c2ccc(Nc3cc(Nc4cc(CCN5CCN(c6ccc(Nc7cc(Nc8cccc(C(=O)NC)c8)ccn7)cc6)CC5)cc(-n5ccnc5)c4)ccn3)cc2)CC1. The molecule has 1 amide bonds. The van der Waals surface area contributed by atoms with Gasteiger partial charge in [-0.05, 0) is 116 Å². The molecular formula is C51H57N13O. The lowest BCUT2D eigenvalue weighted by Gasteiger charge is -2.36. The number of nitrogens with zero attached hydrogens (tertiary/aromatic N) is 8. The number of nitrogens with one attached hydrogen (secondary N) is 5. The van der Waals surface area contributed by atoms with Gasteiger partial charge in [0, 0.05) is 160 Å². The van der Waals surface area contributed by atoms with E-state index in [4.69, 9.17) is 0 Å². The van der Waals surface area contributed by atoms with Crippen molar-refractivity contribution in [2.75, 3.05) is 104 Å². The standard InChI is InChI=1S/C51H57N13O/c1-3-60-23-27-62(28-24-60)46-11-7-41(8-12-46)59-50-36-44(16-19-55-50)57-45-31-38(32-48(34-45)64-22-20-53-37-64)17-21-61-25-29-63(30-26-61)47-13-9-40(10-14-47)58-49-35-43(15-18-54-49)56-42-6-4-5-39(33-42)51(65)52-2/h4-16,18-20,22,31-37H,3,17,21,23-30H2,1-2H3,(H,52,65)(H2,54,56,58)(H2,55,57,59). The Hall–Kier alpha value is -7.42. The van der Waals surface area contributed by atoms with Gasteiger partial charge in [-0.3, -0.25) is 9.69 Å². The number of amides is 1. The van der Waals surface area contributed by atoms with Gasteiger partial charge in [0.05, 0.1) is 6.33 Å². The van der Waals surface area contributed by atoms with Crippen LogP contribution in [0.5, 0.6) is 0 Å². The predicted octanol–water partition coefficient (Wildman–Crippen LogP) is 8.50. The van der Waals surface area contributed by atoms with Gasteiger partial charge in [-0.15, -0.1) is 0 Å². The Morgan fingerprint density at radius 3 is 1.71 bits per heavy atom. The van der Waals surface area contributed by atoms with Crippen LogP contribution < -0.4 is 36.4 Å². The van der Waals surface area contributed by atoms with Gasteiger partial charge in [0.1, 0.15) is 11.6 Å². The van der Waals surface area contributed by atoms with Crippen LogP contribution in [0.15, 0.2) is 146 Å². The van der Waals surface area contributed by atoms with E-state index < -0.39 is 0 Å². The lowest BCUT2D eigenvalue weighted by atomic mass is 10.1. The molecule has 0 aliphatic carbocycles. The molecule has 0 saturated carbocycles. The number of hydrogen-bond donors (Lipinski definition) is 5. The normalized spacial score (nSPS) is 14.5. The monoisotopic (exact) mass is 867 g/mol. The van der Waals surface area contributed by atoms with Crippen LogP contribution in [0, 0.1) is 0 Å². The predicted molar refractivity (Wildman–Crippen MR) is 265 cm³/mol. The molecule has 5 heterocycles. The fraction of sp³-hybridized carbons (Fsp3) is 0.255. The fourth-order valence-electron chi connectivity index (χ4n) is 8.47. The lowest BCUT2D eigenvalue weighted by Crippen LogP contribution is -2.47. The number of hydrogen-bond acceptors (Lipinski definition) is 12. The Kier molecular flexibility index (Phi) is 13.4. The van der Waals surface area contributed by atoms with Gasteiger partial charge in [0.2, 0.25) is 0 Å². The number of pyridine rings is 2. The molecule has 3 aromatic heterocycles. The maximum atomic E-state index is 12.1. The molecular weight excluding hydrogens is 811 g/mol. The van der Waals surface area contributed by atoms with Crippen molar-refractivity contribution in [3.63, 3.8) is 0 Å². The molecule has 2 fully saturated rings. The van der Waals surface area contributed by atoms with Crippen molar-refractivity contribution in [3.05, 3.63) is 158 Å². The summed E-state index contributed by atoms with van der Waals surface area (Å²) in [6.45, 7) is 12.6. The van der Waals surface area contributed by atoms with Gasteiger partial charge in [0.25, 0.3) is 5.91 Å². The second-order valence-corrected chi connectivity index (χ2v) is 16.5. The van der Waals surface area contributed by atoms with Gasteiger partial charge in [-0.1, -0.05) is 13.0 Å². The van der Waals surface area contributed by atoms with Crippen molar-refractivity contribution >= 4 is 63.0 Å². The van der Waals surface area contributed by atoms with Crippen LogP contribution in [0.1, 0.15) is 22.8 Å². The summed E-state index contributed by atoms with van der Waals surface area (Å²) in [5.41, 5.74) is 11.1. The molecule has 0 unspecified atom stereocenters. The summed E-state index contributed by atoms with van der Waals surface area (Å²) in [5.74, 6) is 1.39. The van der Waals surface area contributed by atoms with Crippen LogP contribution in [-0.4, -0.2) is 108 Å². The van der Waals surface area contributed by atoms with Crippen LogP contribution in [0.3, 0.4) is 0 Å². The Balaban J connectivity index is 0.774. The Morgan fingerprint density at radius 1 is 0.554 bits per heavy atom. The molecule has 2 aliphatic rings. The zero-order valence-electron chi connectivity index (χ0n) is 37.1. The highest BCUT2D eigenvalue weighted by molar-refractivity contribution is 5.95. The number of aromatic nitrogens is 4. The van der Waals surface area contributed by atoms with Gasteiger partial charge < -0.3 is 45.9 Å². The van der Waals surface area contributed by atoms with Gasteiger partial charge in [-0.25, -0.2) is 15.0 Å². The molecule has 4 aromatic carbocycles. The average Bonchev–Trinajstić information content (AvgIpc) is 3.90. The van der Waals surface area contributed by atoms with Crippen LogP contribution in [0.4, 0.5) is 57.1 Å². The minimum Gasteiger partial charge on any atom is -0.369 e. The van der Waals surface area contributed by atoms with E-state index in [9.17, 15) is 4.79 Å². The first-order valence-electron chi connectivity index (χ1n) is 22.5. The van der Waals surface area contributed by atoms with Crippen LogP contribution in [-0.2, 0) is 6.42 Å². The number of rotatable bonds is 16. The van der Waals surface area contributed by atoms with Crippen LogP contribution >= 0.6 is 0 Å². The average molecular weight is 868 g/mol. The molecule has 2 saturated heterocycles. The maximum absolute atomic E-state index is 12.1. The fourth-order valence-corrected chi connectivity index (χ4v) is 8.47. The molecule has 332 valence electrons. The van der Waals surface area contributed by atoms with Gasteiger partial charge in [-0.2, -0.15) is 0 Å². The highest BCUT2D eigenvalue weighted by atomic mass is 16.1. The van der Waals surface area contributed by atoms with Crippen LogP contribution in [0.25, 0.3) is 5.69 Å². The van der Waals surface area contributed by atoms with E-state index >= 15 is 0 Å². The lowest BCUT2D eigenvalue weighted by molar-refractivity contribution is 0.0963. The van der Waals surface area contributed by atoms with E-state index in [1.807, 2.05) is 61.3 Å². The molecule has 9 rings (SSSR count). The summed E-state index contributed by atoms with van der Waals surface area (Å²) in [5, 5.41) is 16.6. The summed E-state index contributed by atoms with van der Waals surface area (Å²) in [6.07, 6.45) is 10.2. The van der Waals surface area contributed by atoms with E-state index in [0.717, 1.165) is 123 Å². The summed E-state index contributed by atoms with van der Waals surface area (Å²) in [6, 6.07) is 39.3.